The molecule has 0 spiro atoms. The first-order chi connectivity index (χ1) is 10.7. The van der Waals surface area contributed by atoms with Crippen LogP contribution in [-0.4, -0.2) is 11.6 Å². The van der Waals surface area contributed by atoms with Crippen molar-refractivity contribution in [3.63, 3.8) is 0 Å². The molecule has 0 aliphatic rings. The lowest BCUT2D eigenvalue weighted by molar-refractivity contribution is 0.306. The predicted molar refractivity (Wildman–Crippen MR) is 92.6 cm³/mol. The Morgan fingerprint density at radius 3 is 2.27 bits per heavy atom. The summed E-state index contributed by atoms with van der Waals surface area (Å²) in [6.45, 7) is 7.37. The van der Waals surface area contributed by atoms with Crippen LogP contribution in [-0.2, 0) is 6.42 Å². The van der Waals surface area contributed by atoms with Crippen molar-refractivity contribution < 1.29 is 4.74 Å². The third kappa shape index (κ3) is 4.59. The zero-order valence-electron chi connectivity index (χ0n) is 14.0. The minimum absolute atomic E-state index is 0.354. The first kappa shape index (κ1) is 16.5. The first-order valence-corrected chi connectivity index (χ1v) is 8.42. The number of ether oxygens (including phenoxy) is 1. The van der Waals surface area contributed by atoms with Crippen molar-refractivity contribution in [3.8, 4) is 5.75 Å². The predicted octanol–water partition coefficient (Wildman–Crippen LogP) is 5.36. The highest BCUT2D eigenvalue weighted by atomic mass is 16.5. The molecule has 118 valence electrons. The van der Waals surface area contributed by atoms with Crippen molar-refractivity contribution in [3.05, 3.63) is 59.4 Å². The first-order valence-electron chi connectivity index (χ1n) is 8.42. The molecule has 2 aromatic rings. The van der Waals surface area contributed by atoms with E-state index in [1.807, 2.05) is 6.20 Å². The van der Waals surface area contributed by atoms with Gasteiger partial charge in [-0.25, -0.2) is 0 Å². The minimum atomic E-state index is 0.354. The SMILES string of the molecule is CCCCCOc1ccc(C(C)c2ccc(CC)nc2)cc1. The maximum atomic E-state index is 5.77. The summed E-state index contributed by atoms with van der Waals surface area (Å²) in [5.74, 6) is 1.32. The van der Waals surface area contributed by atoms with Gasteiger partial charge in [0.1, 0.15) is 5.75 Å². The summed E-state index contributed by atoms with van der Waals surface area (Å²) in [6.07, 6.45) is 6.57. The summed E-state index contributed by atoms with van der Waals surface area (Å²) in [7, 11) is 0. The molecule has 2 nitrogen and oxygen atoms in total. The zero-order valence-corrected chi connectivity index (χ0v) is 14.0. The van der Waals surface area contributed by atoms with E-state index in [9.17, 15) is 0 Å². The molecule has 1 unspecified atom stereocenters. The molecule has 1 atom stereocenters. The number of unbranched alkanes of at least 4 members (excludes halogenated alkanes) is 2. The van der Waals surface area contributed by atoms with E-state index in [0.717, 1.165) is 30.9 Å². The number of nitrogens with zero attached hydrogens (tertiary/aromatic N) is 1. The molecule has 0 radical (unpaired) electrons. The number of aryl methyl sites for hydroxylation is 1. The molecular formula is C20H27NO. The van der Waals surface area contributed by atoms with Crippen LogP contribution in [0.5, 0.6) is 5.75 Å². The third-order valence-electron chi connectivity index (χ3n) is 4.11. The molecular weight excluding hydrogens is 270 g/mol. The Kier molecular flexibility index (Phi) is 6.45. The van der Waals surface area contributed by atoms with E-state index in [1.54, 1.807) is 0 Å². The number of benzene rings is 1. The second-order valence-electron chi connectivity index (χ2n) is 5.78. The van der Waals surface area contributed by atoms with Crippen LogP contribution in [0.1, 0.15) is 62.8 Å². The van der Waals surface area contributed by atoms with Gasteiger partial charge in [-0.1, -0.05) is 51.8 Å². The summed E-state index contributed by atoms with van der Waals surface area (Å²) in [5, 5.41) is 0. The molecule has 0 aliphatic carbocycles. The average Bonchev–Trinajstić information content (AvgIpc) is 2.59. The molecule has 0 aliphatic heterocycles. The normalized spacial score (nSPS) is 12.1. The summed E-state index contributed by atoms with van der Waals surface area (Å²) < 4.78 is 5.77. The summed E-state index contributed by atoms with van der Waals surface area (Å²) in [6, 6.07) is 12.8. The molecule has 1 heterocycles. The summed E-state index contributed by atoms with van der Waals surface area (Å²) in [5.41, 5.74) is 3.70. The van der Waals surface area contributed by atoms with Crippen molar-refractivity contribution >= 4 is 0 Å². The van der Waals surface area contributed by atoms with Gasteiger partial charge in [-0.2, -0.15) is 0 Å². The molecule has 0 fully saturated rings. The van der Waals surface area contributed by atoms with Crippen LogP contribution in [0.15, 0.2) is 42.6 Å². The smallest absolute Gasteiger partial charge is 0.119 e. The van der Waals surface area contributed by atoms with Gasteiger partial charge in [-0.05, 0) is 42.2 Å². The highest BCUT2D eigenvalue weighted by Crippen LogP contribution is 2.25. The van der Waals surface area contributed by atoms with Gasteiger partial charge in [0.05, 0.1) is 6.61 Å². The van der Waals surface area contributed by atoms with E-state index in [0.29, 0.717) is 5.92 Å². The lowest BCUT2D eigenvalue weighted by Crippen LogP contribution is -2.00. The largest absolute Gasteiger partial charge is 0.494 e. The number of hydrogen-bond acceptors (Lipinski definition) is 2. The minimum Gasteiger partial charge on any atom is -0.494 e. The van der Waals surface area contributed by atoms with Crippen LogP contribution in [0.2, 0.25) is 0 Å². The fourth-order valence-corrected chi connectivity index (χ4v) is 2.49. The van der Waals surface area contributed by atoms with Gasteiger partial charge >= 0.3 is 0 Å². The lowest BCUT2D eigenvalue weighted by atomic mass is 9.94. The second-order valence-corrected chi connectivity index (χ2v) is 5.78. The number of pyridine rings is 1. The Balaban J connectivity index is 1.96. The van der Waals surface area contributed by atoms with E-state index in [4.69, 9.17) is 4.74 Å². The maximum Gasteiger partial charge on any atom is 0.119 e. The fraction of sp³-hybridized carbons (Fsp3) is 0.450. The van der Waals surface area contributed by atoms with Gasteiger partial charge in [0.2, 0.25) is 0 Å². The molecule has 0 saturated carbocycles. The third-order valence-corrected chi connectivity index (χ3v) is 4.11. The van der Waals surface area contributed by atoms with Gasteiger partial charge < -0.3 is 4.74 Å². The summed E-state index contributed by atoms with van der Waals surface area (Å²) in [4.78, 5) is 4.49. The van der Waals surface area contributed by atoms with Gasteiger partial charge in [-0.15, -0.1) is 0 Å². The molecule has 2 rings (SSSR count). The molecule has 0 saturated heterocycles. The van der Waals surface area contributed by atoms with Crippen molar-refractivity contribution in [2.45, 2.75) is 52.4 Å². The van der Waals surface area contributed by atoms with E-state index in [-0.39, 0.29) is 0 Å². The van der Waals surface area contributed by atoms with Gasteiger partial charge in [-0.3, -0.25) is 4.98 Å². The van der Waals surface area contributed by atoms with Crippen LogP contribution in [0.25, 0.3) is 0 Å². The molecule has 0 amide bonds. The molecule has 1 aromatic carbocycles. The van der Waals surface area contributed by atoms with Gasteiger partial charge in [0, 0.05) is 17.8 Å². The Bertz CT molecular complexity index is 545. The monoisotopic (exact) mass is 297 g/mol. The van der Waals surface area contributed by atoms with Crippen LogP contribution in [0.4, 0.5) is 0 Å². The van der Waals surface area contributed by atoms with Crippen molar-refractivity contribution in [1.29, 1.82) is 0 Å². The fourth-order valence-electron chi connectivity index (χ4n) is 2.49. The zero-order chi connectivity index (χ0) is 15.8. The van der Waals surface area contributed by atoms with Gasteiger partial charge in [0.15, 0.2) is 0 Å². The van der Waals surface area contributed by atoms with E-state index < -0.39 is 0 Å². The summed E-state index contributed by atoms with van der Waals surface area (Å²) >= 11 is 0. The van der Waals surface area contributed by atoms with Crippen molar-refractivity contribution in [2.75, 3.05) is 6.61 Å². The standard InChI is InChI=1S/C20H27NO/c1-4-6-7-14-22-20-12-9-17(10-13-20)16(3)18-8-11-19(5-2)21-15-18/h8-13,15-16H,4-7,14H2,1-3H3. The molecule has 0 bridgehead atoms. The Labute approximate surface area is 134 Å². The number of aromatic nitrogens is 1. The Hall–Kier alpha value is -1.83. The van der Waals surface area contributed by atoms with E-state index in [1.165, 1.54) is 24.0 Å². The maximum absolute atomic E-state index is 5.77. The number of hydrogen-bond donors (Lipinski definition) is 0. The Morgan fingerprint density at radius 1 is 0.955 bits per heavy atom. The van der Waals surface area contributed by atoms with Crippen LogP contribution in [0, 0.1) is 0 Å². The molecule has 1 aromatic heterocycles. The number of rotatable bonds is 8. The van der Waals surface area contributed by atoms with E-state index in [2.05, 4.69) is 62.2 Å². The highest BCUT2D eigenvalue weighted by Gasteiger charge is 2.09. The topological polar surface area (TPSA) is 22.1 Å². The van der Waals surface area contributed by atoms with Crippen LogP contribution < -0.4 is 4.74 Å². The molecule has 22 heavy (non-hydrogen) atoms. The molecule has 0 N–H and O–H groups in total. The van der Waals surface area contributed by atoms with E-state index >= 15 is 0 Å². The highest BCUT2D eigenvalue weighted by molar-refractivity contribution is 5.34. The van der Waals surface area contributed by atoms with Crippen molar-refractivity contribution in [2.24, 2.45) is 0 Å². The Morgan fingerprint density at radius 2 is 1.68 bits per heavy atom. The molecule has 2 heteroatoms. The van der Waals surface area contributed by atoms with Crippen LogP contribution >= 0.6 is 0 Å². The van der Waals surface area contributed by atoms with Crippen LogP contribution in [0.3, 0.4) is 0 Å². The van der Waals surface area contributed by atoms with Gasteiger partial charge in [0.25, 0.3) is 0 Å². The van der Waals surface area contributed by atoms with Crippen molar-refractivity contribution in [1.82, 2.24) is 4.98 Å². The quantitative estimate of drug-likeness (QED) is 0.611. The second kappa shape index (κ2) is 8.57. The average molecular weight is 297 g/mol. The lowest BCUT2D eigenvalue weighted by Gasteiger charge is -2.13.